The maximum Gasteiger partial charge on any atom is 0.401 e. The number of aromatic nitrogens is 6. The smallest absolute Gasteiger partial charge is 0.350 e. The minimum Gasteiger partial charge on any atom is -0.350 e. The Morgan fingerprint density at radius 1 is 1.04 bits per heavy atom. The average Bonchev–Trinajstić information content (AvgIpc) is 3.86. The fourth-order valence-corrected chi connectivity index (χ4v) is 6.84. The van der Waals surface area contributed by atoms with Crippen molar-refractivity contribution >= 4 is 23.5 Å². The van der Waals surface area contributed by atoms with Gasteiger partial charge in [0.05, 0.1) is 6.54 Å². The molecular formula is C38H38F4N10O4. The zero-order valence-electron chi connectivity index (χ0n) is 30.7. The fraction of sp³-hybridized carbons (Fsp3) is 0.368. The van der Waals surface area contributed by atoms with Crippen LogP contribution in [0.5, 0.6) is 0 Å². The number of hydrogen-bond acceptors (Lipinski definition) is 10. The van der Waals surface area contributed by atoms with E-state index in [4.69, 9.17) is 4.52 Å². The van der Waals surface area contributed by atoms with Crippen LogP contribution in [-0.2, 0) is 23.3 Å². The molecule has 7 rings (SSSR count). The molecule has 0 bridgehead atoms. The number of H-pyrrole nitrogens is 1. The van der Waals surface area contributed by atoms with Gasteiger partial charge in [-0.05, 0) is 81.4 Å². The van der Waals surface area contributed by atoms with Crippen LogP contribution >= 0.6 is 0 Å². The van der Waals surface area contributed by atoms with Crippen molar-refractivity contribution in [1.82, 2.24) is 45.8 Å². The van der Waals surface area contributed by atoms with Gasteiger partial charge in [-0.15, -0.1) is 0 Å². The Hall–Kier alpha value is -6.04. The lowest BCUT2D eigenvalue weighted by Gasteiger charge is -2.34. The highest BCUT2D eigenvalue weighted by Gasteiger charge is 2.51. The third kappa shape index (κ3) is 7.87. The Balaban J connectivity index is 0.921. The van der Waals surface area contributed by atoms with E-state index in [1.807, 2.05) is 25.1 Å². The second-order valence-corrected chi connectivity index (χ2v) is 14.4. The van der Waals surface area contributed by atoms with Gasteiger partial charge in [0.1, 0.15) is 17.1 Å². The maximum absolute atomic E-state index is 15.4. The van der Waals surface area contributed by atoms with Gasteiger partial charge < -0.3 is 9.84 Å². The van der Waals surface area contributed by atoms with Crippen LogP contribution in [-0.4, -0.2) is 78.9 Å². The number of amides is 4. The summed E-state index contributed by atoms with van der Waals surface area (Å²) in [5.74, 6) is -1.58. The summed E-state index contributed by atoms with van der Waals surface area (Å²) in [5, 5.41) is 14.8. The van der Waals surface area contributed by atoms with Crippen LogP contribution in [0.4, 0.5) is 28.0 Å². The van der Waals surface area contributed by atoms with Crippen molar-refractivity contribution in [2.75, 3.05) is 24.5 Å². The summed E-state index contributed by atoms with van der Waals surface area (Å²) in [7, 11) is 0. The van der Waals surface area contributed by atoms with Gasteiger partial charge in [0.25, 0.3) is 5.91 Å². The van der Waals surface area contributed by atoms with E-state index in [2.05, 4.69) is 51.9 Å². The van der Waals surface area contributed by atoms with Gasteiger partial charge in [-0.3, -0.25) is 29.8 Å². The van der Waals surface area contributed by atoms with Crippen molar-refractivity contribution in [2.24, 2.45) is 0 Å². The van der Waals surface area contributed by atoms with Crippen molar-refractivity contribution in [3.63, 3.8) is 0 Å². The summed E-state index contributed by atoms with van der Waals surface area (Å²) in [5.41, 5.74) is 2.49. The highest BCUT2D eigenvalue weighted by molar-refractivity contribution is 6.06. The molecule has 0 spiro atoms. The molecule has 0 atom stereocenters. The molecule has 14 nitrogen and oxygen atoms in total. The van der Waals surface area contributed by atoms with Crippen molar-refractivity contribution < 1.29 is 36.5 Å². The monoisotopic (exact) mass is 774 g/mol. The van der Waals surface area contributed by atoms with Gasteiger partial charge in [-0.1, -0.05) is 29.4 Å². The van der Waals surface area contributed by atoms with E-state index in [1.165, 1.54) is 30.1 Å². The van der Waals surface area contributed by atoms with Crippen molar-refractivity contribution in [2.45, 2.75) is 70.6 Å². The Labute approximate surface area is 318 Å². The normalized spacial score (nSPS) is 15.9. The summed E-state index contributed by atoms with van der Waals surface area (Å²) >= 11 is 0. The number of urea groups is 1. The van der Waals surface area contributed by atoms with Crippen molar-refractivity contribution in [1.29, 1.82) is 0 Å². The van der Waals surface area contributed by atoms with Crippen LogP contribution < -0.4 is 15.5 Å². The van der Waals surface area contributed by atoms with Crippen LogP contribution in [0.1, 0.15) is 77.9 Å². The zero-order chi connectivity index (χ0) is 39.8. The summed E-state index contributed by atoms with van der Waals surface area (Å²) in [6.45, 7) is 6.27. The van der Waals surface area contributed by atoms with Gasteiger partial charge in [0, 0.05) is 54.8 Å². The average molecular weight is 775 g/mol. The number of imide groups is 1. The highest BCUT2D eigenvalue weighted by Crippen LogP contribution is 2.39. The Morgan fingerprint density at radius 2 is 1.79 bits per heavy atom. The van der Waals surface area contributed by atoms with Crippen molar-refractivity contribution in [3.8, 4) is 22.6 Å². The molecule has 2 aliphatic rings. The molecule has 3 aromatic heterocycles. The van der Waals surface area contributed by atoms with Crippen LogP contribution in [0.3, 0.4) is 0 Å². The first-order valence-corrected chi connectivity index (χ1v) is 18.0. The van der Waals surface area contributed by atoms with E-state index in [9.17, 15) is 27.6 Å². The van der Waals surface area contributed by atoms with Gasteiger partial charge in [-0.25, -0.2) is 24.1 Å². The number of hydrogen-bond donors (Lipinski definition) is 3. The number of alkyl halides is 3. The van der Waals surface area contributed by atoms with E-state index >= 15 is 4.39 Å². The zero-order valence-corrected chi connectivity index (χ0v) is 30.7. The van der Waals surface area contributed by atoms with Gasteiger partial charge in [0.2, 0.25) is 11.7 Å². The summed E-state index contributed by atoms with van der Waals surface area (Å²) in [4.78, 5) is 53.1. The standard InChI is InChI=1S/C38H38F4N10O4/c1-21-25(5-4-6-29(21)52-14-11-32(53)47-36(52)55)23-9-12-51(13-10-23)20-22-7-8-26(27(39)15-22)24-17-43-33(44-18-24)28-16-30(56-50-28)34(54)45-19-31-46-35(49-48-31)37(2,3)38(40,41)42/h4-8,15-18,23H,9-14,19-20H2,1-3H3,(H,45,54)(H,46,48,49)(H,47,53,55). The fourth-order valence-electron chi connectivity index (χ4n) is 6.84. The molecule has 0 saturated carbocycles. The number of rotatable bonds is 10. The molecule has 18 heteroatoms. The topological polar surface area (TPSA) is 175 Å². The minimum absolute atomic E-state index is 0.0200. The Morgan fingerprint density at radius 3 is 2.48 bits per heavy atom. The van der Waals surface area contributed by atoms with Gasteiger partial charge in [-0.2, -0.15) is 18.3 Å². The van der Waals surface area contributed by atoms with E-state index < -0.39 is 35.2 Å². The molecule has 0 unspecified atom stereocenters. The first-order chi connectivity index (χ1) is 26.7. The van der Waals surface area contributed by atoms with Crippen LogP contribution in [0.2, 0.25) is 0 Å². The second kappa shape index (κ2) is 15.2. The van der Waals surface area contributed by atoms with Crippen LogP contribution in [0.15, 0.2) is 59.4 Å². The summed E-state index contributed by atoms with van der Waals surface area (Å²) < 4.78 is 60.5. The first kappa shape index (κ1) is 38.2. The maximum atomic E-state index is 15.4. The number of nitrogens with one attached hydrogen (secondary N) is 3. The number of nitrogens with zero attached hydrogens (tertiary/aromatic N) is 7. The molecule has 2 saturated heterocycles. The number of carbonyl (C=O) groups excluding carboxylic acids is 3. The lowest BCUT2D eigenvalue weighted by Crippen LogP contribution is -2.49. The number of benzene rings is 2. The van der Waals surface area contributed by atoms with Crippen LogP contribution in [0.25, 0.3) is 22.6 Å². The molecule has 0 radical (unpaired) electrons. The number of likely N-dealkylation sites (tertiary alicyclic amines) is 1. The van der Waals surface area contributed by atoms with Crippen molar-refractivity contribution in [3.05, 3.63) is 94.8 Å². The quantitative estimate of drug-likeness (QED) is 0.144. The largest absolute Gasteiger partial charge is 0.401 e. The predicted octanol–water partition coefficient (Wildman–Crippen LogP) is 5.96. The molecule has 0 aliphatic carbocycles. The van der Waals surface area contributed by atoms with Gasteiger partial charge in [0.15, 0.2) is 17.3 Å². The molecular weight excluding hydrogens is 736 g/mol. The van der Waals surface area contributed by atoms with E-state index in [1.54, 1.807) is 11.0 Å². The molecule has 4 amide bonds. The molecule has 2 fully saturated rings. The Kier molecular flexibility index (Phi) is 10.4. The molecule has 5 aromatic rings. The molecule has 292 valence electrons. The number of aromatic amines is 1. The molecule has 56 heavy (non-hydrogen) atoms. The summed E-state index contributed by atoms with van der Waals surface area (Å²) in [6.07, 6.45) is 0.406. The predicted molar refractivity (Wildman–Crippen MR) is 193 cm³/mol. The molecule has 5 heterocycles. The lowest BCUT2D eigenvalue weighted by molar-refractivity contribution is -0.182. The van der Waals surface area contributed by atoms with Gasteiger partial charge >= 0.3 is 12.2 Å². The van der Waals surface area contributed by atoms with E-state index in [-0.39, 0.29) is 42.0 Å². The molecule has 2 aromatic carbocycles. The highest BCUT2D eigenvalue weighted by atomic mass is 19.4. The number of piperidine rings is 1. The minimum atomic E-state index is -4.57. The number of carbonyl (C=O) groups is 3. The number of anilines is 1. The van der Waals surface area contributed by atoms with Crippen LogP contribution in [0, 0.1) is 12.7 Å². The molecule has 3 N–H and O–H groups in total. The molecule has 2 aliphatic heterocycles. The lowest BCUT2D eigenvalue weighted by atomic mass is 9.86. The third-order valence-corrected chi connectivity index (χ3v) is 10.3. The van der Waals surface area contributed by atoms with E-state index in [0.717, 1.165) is 56.6 Å². The first-order valence-electron chi connectivity index (χ1n) is 18.0. The second-order valence-electron chi connectivity index (χ2n) is 14.4. The van der Waals surface area contributed by atoms with E-state index in [0.29, 0.717) is 30.1 Å². The Bertz CT molecular complexity index is 2260. The summed E-state index contributed by atoms with van der Waals surface area (Å²) in [6, 6.07) is 12.0. The SMILES string of the molecule is Cc1c(C2CCN(Cc3ccc(-c4cnc(-c5cc(C(=O)NCc6nc(C(C)(C)C(F)(F)F)n[nH]6)on5)nc4)c(F)c3)CC2)cccc1N1CCC(=O)NC1=O. The number of halogens is 4. The third-order valence-electron chi connectivity index (χ3n) is 10.3.